The Hall–Kier alpha value is -5.54. The molecule has 0 aliphatic carbocycles. The van der Waals surface area contributed by atoms with Gasteiger partial charge >= 0.3 is 0 Å². The number of aliphatic imine (C=N–C) groups is 1. The standard InChI is InChI=1S/C21H17N2O.C15H15N2O3S/c1-3-10-19(11-4-1)22-14-17-8-7-9-18-15-23(16-24-21(17)18)20-12-5-2-6-13-20;1-21(18,19)16-14-9-5-6-12-10-17(11-20-15(12)14)13-7-3-2-4-8-13/h1-15H,16H2;2-10,16H,11H2,1H3/q2*+1. The summed E-state index contributed by atoms with van der Waals surface area (Å²) in [5.41, 5.74) is 6.40. The van der Waals surface area contributed by atoms with Crippen molar-refractivity contribution in [3.63, 3.8) is 0 Å². The minimum atomic E-state index is -3.33. The topological polar surface area (TPSA) is 83.0 Å². The van der Waals surface area contributed by atoms with Gasteiger partial charge in [0, 0.05) is 36.0 Å². The summed E-state index contributed by atoms with van der Waals surface area (Å²) in [5, 5.41) is 0. The number of rotatable bonds is 6. The van der Waals surface area contributed by atoms with E-state index in [1.807, 2.05) is 114 Å². The van der Waals surface area contributed by atoms with E-state index in [1.54, 1.807) is 12.1 Å². The Labute approximate surface area is 262 Å². The highest BCUT2D eigenvalue weighted by Crippen LogP contribution is 2.32. The lowest BCUT2D eigenvalue weighted by molar-refractivity contribution is -0.476. The largest absolute Gasteiger partial charge is 0.434 e. The number of hydrogen-bond acceptors (Lipinski definition) is 5. The van der Waals surface area contributed by atoms with Crippen molar-refractivity contribution in [2.75, 3.05) is 24.4 Å². The Morgan fingerprint density at radius 3 is 1.73 bits per heavy atom. The second kappa shape index (κ2) is 13.4. The molecule has 45 heavy (non-hydrogen) atoms. The van der Waals surface area contributed by atoms with E-state index >= 15 is 0 Å². The molecule has 0 spiro atoms. The number of hydrogen-bond donors (Lipinski definition) is 1. The van der Waals surface area contributed by atoms with Gasteiger partial charge in [0.05, 0.1) is 28.8 Å². The average Bonchev–Trinajstić information content (AvgIpc) is 3.08. The number of benzene rings is 5. The molecule has 0 atom stereocenters. The maximum absolute atomic E-state index is 11.4. The summed E-state index contributed by atoms with van der Waals surface area (Å²) >= 11 is 0. The van der Waals surface area contributed by atoms with Crippen molar-refractivity contribution in [2.45, 2.75) is 0 Å². The summed E-state index contributed by atoms with van der Waals surface area (Å²) < 4.78 is 41.1. The average molecular weight is 617 g/mol. The van der Waals surface area contributed by atoms with Crippen LogP contribution >= 0.6 is 0 Å². The summed E-state index contributed by atoms with van der Waals surface area (Å²) in [6, 6.07) is 41.5. The number of para-hydroxylation sites is 5. The van der Waals surface area contributed by atoms with Crippen LogP contribution in [0.15, 0.2) is 132 Å². The first kappa shape index (κ1) is 29.5. The van der Waals surface area contributed by atoms with Crippen LogP contribution < -0.4 is 14.2 Å². The number of ether oxygens (including phenoxy) is 2. The molecule has 0 bridgehead atoms. The zero-order valence-corrected chi connectivity index (χ0v) is 25.5. The van der Waals surface area contributed by atoms with E-state index < -0.39 is 10.0 Å². The number of nitrogens with zero attached hydrogens (tertiary/aromatic N) is 3. The molecule has 0 aromatic heterocycles. The summed E-state index contributed by atoms with van der Waals surface area (Å²) in [4.78, 5) is 4.53. The van der Waals surface area contributed by atoms with Gasteiger partial charge in [-0.3, -0.25) is 9.71 Å². The molecule has 8 nitrogen and oxygen atoms in total. The summed E-state index contributed by atoms with van der Waals surface area (Å²) in [7, 11) is -3.33. The SMILES string of the molecule is C(=Nc1ccccc1)c1cccc2c1OC[N+](c1ccccc1)=C2.CS(=O)(=O)Nc1cccc2c1OC[N+](c1ccccc1)=C2. The van der Waals surface area contributed by atoms with Crippen molar-refractivity contribution in [3.8, 4) is 11.5 Å². The van der Waals surface area contributed by atoms with Crippen molar-refractivity contribution in [3.05, 3.63) is 144 Å². The lowest BCUT2D eigenvalue weighted by atomic mass is 10.1. The molecule has 7 rings (SSSR count). The van der Waals surface area contributed by atoms with Crippen LogP contribution in [0.3, 0.4) is 0 Å². The lowest BCUT2D eigenvalue weighted by Crippen LogP contribution is -2.22. The van der Waals surface area contributed by atoms with Gasteiger partial charge in [0.2, 0.25) is 21.4 Å². The molecule has 224 valence electrons. The van der Waals surface area contributed by atoms with Gasteiger partial charge in [-0.2, -0.15) is 9.15 Å². The molecule has 9 heteroatoms. The molecule has 0 unspecified atom stereocenters. The lowest BCUT2D eigenvalue weighted by Gasteiger charge is -2.17. The van der Waals surface area contributed by atoms with E-state index in [-0.39, 0.29) is 0 Å². The molecule has 0 saturated carbocycles. The Balaban J connectivity index is 0.000000160. The molecule has 0 saturated heterocycles. The second-order valence-corrected chi connectivity index (χ2v) is 12.1. The van der Waals surface area contributed by atoms with Crippen LogP contribution in [0.4, 0.5) is 22.7 Å². The minimum absolute atomic E-state index is 0.333. The van der Waals surface area contributed by atoms with E-state index in [2.05, 4.69) is 38.7 Å². The van der Waals surface area contributed by atoms with Gasteiger partial charge in [-0.25, -0.2) is 8.42 Å². The van der Waals surface area contributed by atoms with Gasteiger partial charge in [0.1, 0.15) is 5.75 Å². The monoisotopic (exact) mass is 616 g/mol. The van der Waals surface area contributed by atoms with E-state index in [1.165, 1.54) is 0 Å². The zero-order valence-electron chi connectivity index (χ0n) is 24.7. The summed E-state index contributed by atoms with van der Waals surface area (Å²) in [5.74, 6) is 1.43. The highest BCUT2D eigenvalue weighted by molar-refractivity contribution is 7.92. The maximum Gasteiger partial charge on any atom is 0.292 e. The predicted octanol–water partition coefficient (Wildman–Crippen LogP) is 6.72. The first-order chi connectivity index (χ1) is 21.9. The normalized spacial score (nSPS) is 13.5. The van der Waals surface area contributed by atoms with Crippen molar-refractivity contribution < 1.29 is 27.0 Å². The molecular weight excluding hydrogens is 584 g/mol. The van der Waals surface area contributed by atoms with Gasteiger partial charge in [-0.05, 0) is 36.4 Å². The van der Waals surface area contributed by atoms with Crippen molar-refractivity contribution >= 4 is 51.4 Å². The Bertz CT molecular complexity index is 1990. The fraction of sp³-hybridized carbons (Fsp3) is 0.0833. The van der Waals surface area contributed by atoms with Crippen LogP contribution in [-0.2, 0) is 10.0 Å². The van der Waals surface area contributed by atoms with Crippen LogP contribution in [0.2, 0.25) is 0 Å². The van der Waals surface area contributed by atoms with E-state index in [9.17, 15) is 8.42 Å². The van der Waals surface area contributed by atoms with Crippen molar-refractivity contribution in [2.24, 2.45) is 4.99 Å². The smallest absolute Gasteiger partial charge is 0.292 e. The Kier molecular flexibility index (Phi) is 8.79. The quantitative estimate of drug-likeness (QED) is 0.170. The number of anilines is 1. The van der Waals surface area contributed by atoms with Crippen LogP contribution in [-0.4, -0.2) is 55.9 Å². The first-order valence-corrected chi connectivity index (χ1v) is 16.2. The van der Waals surface area contributed by atoms with Gasteiger partial charge in [0.15, 0.2) is 18.2 Å². The summed E-state index contributed by atoms with van der Waals surface area (Å²) in [6.45, 7) is 0.826. The summed E-state index contributed by atoms with van der Waals surface area (Å²) in [6.07, 6.45) is 7.05. The Morgan fingerprint density at radius 2 is 1.16 bits per heavy atom. The molecule has 0 fully saturated rings. The van der Waals surface area contributed by atoms with Gasteiger partial charge in [0.25, 0.3) is 13.5 Å². The molecule has 0 amide bonds. The van der Waals surface area contributed by atoms with Gasteiger partial charge in [-0.15, -0.1) is 0 Å². The van der Waals surface area contributed by atoms with Crippen molar-refractivity contribution in [1.29, 1.82) is 0 Å². The van der Waals surface area contributed by atoms with Crippen LogP contribution in [0, 0.1) is 0 Å². The fourth-order valence-electron chi connectivity index (χ4n) is 4.91. The molecular formula is C36H32N4O4S+2. The number of fused-ring (bicyclic) bond motifs is 2. The highest BCUT2D eigenvalue weighted by Gasteiger charge is 2.23. The van der Waals surface area contributed by atoms with Gasteiger partial charge in [-0.1, -0.05) is 66.7 Å². The number of nitrogens with one attached hydrogen (secondary N) is 1. The molecule has 2 aliphatic rings. The van der Waals surface area contributed by atoms with E-state index in [0.29, 0.717) is 24.9 Å². The maximum atomic E-state index is 11.4. The highest BCUT2D eigenvalue weighted by atomic mass is 32.2. The molecule has 5 aromatic carbocycles. The van der Waals surface area contributed by atoms with E-state index in [4.69, 9.17) is 9.47 Å². The second-order valence-electron chi connectivity index (χ2n) is 10.4. The number of sulfonamides is 1. The zero-order chi connectivity index (χ0) is 31.1. The molecule has 2 aliphatic heterocycles. The molecule has 1 N–H and O–H groups in total. The van der Waals surface area contributed by atoms with Crippen LogP contribution in [0.25, 0.3) is 0 Å². The molecule has 5 aromatic rings. The third-order valence-corrected chi connectivity index (χ3v) is 7.58. The van der Waals surface area contributed by atoms with E-state index in [0.717, 1.165) is 45.8 Å². The van der Waals surface area contributed by atoms with Gasteiger partial charge < -0.3 is 9.47 Å². The third kappa shape index (κ3) is 7.52. The minimum Gasteiger partial charge on any atom is -0.434 e. The molecule has 2 heterocycles. The van der Waals surface area contributed by atoms with Crippen LogP contribution in [0.5, 0.6) is 11.5 Å². The van der Waals surface area contributed by atoms with Crippen molar-refractivity contribution in [1.82, 2.24) is 0 Å². The predicted molar refractivity (Wildman–Crippen MR) is 179 cm³/mol. The fourth-order valence-corrected chi connectivity index (χ4v) is 5.48. The first-order valence-electron chi connectivity index (χ1n) is 14.3. The Morgan fingerprint density at radius 1 is 0.644 bits per heavy atom. The molecule has 0 radical (unpaired) electrons. The van der Waals surface area contributed by atoms with Crippen LogP contribution in [0.1, 0.15) is 16.7 Å². The third-order valence-electron chi connectivity index (χ3n) is 6.99.